The van der Waals surface area contributed by atoms with Crippen LogP contribution in [0, 0.1) is 0 Å². The molecule has 0 aliphatic rings. The maximum atomic E-state index is 10.9. The molecular formula is C30H32NO2P. The number of nitrogens with zero attached hydrogens (tertiary/aromatic N) is 1. The normalized spacial score (nSPS) is 13.0. The SMILES string of the molecule is CCC(C)(Pc1ccccc1CN(c1ccccc1)c1ccccc1)c1cccc(OC)c1O. The molecule has 4 heteroatoms. The van der Waals surface area contributed by atoms with Crippen LogP contribution in [0.1, 0.15) is 31.4 Å². The maximum Gasteiger partial charge on any atom is 0.161 e. The first-order chi connectivity index (χ1) is 16.6. The van der Waals surface area contributed by atoms with E-state index < -0.39 is 0 Å². The van der Waals surface area contributed by atoms with Gasteiger partial charge in [0.2, 0.25) is 0 Å². The summed E-state index contributed by atoms with van der Waals surface area (Å²) in [4.78, 5) is 2.36. The van der Waals surface area contributed by atoms with Crippen LogP contribution in [-0.2, 0) is 11.7 Å². The topological polar surface area (TPSA) is 32.7 Å². The van der Waals surface area contributed by atoms with Gasteiger partial charge in [-0.25, -0.2) is 0 Å². The fourth-order valence-electron chi connectivity index (χ4n) is 4.27. The van der Waals surface area contributed by atoms with E-state index in [9.17, 15) is 5.11 Å². The average Bonchev–Trinajstić information content (AvgIpc) is 2.89. The van der Waals surface area contributed by atoms with E-state index in [1.54, 1.807) is 7.11 Å². The Bertz CT molecular complexity index is 1170. The monoisotopic (exact) mass is 469 g/mol. The average molecular weight is 470 g/mol. The van der Waals surface area contributed by atoms with Crippen LogP contribution in [0.2, 0.25) is 0 Å². The first-order valence-electron chi connectivity index (χ1n) is 11.7. The lowest BCUT2D eigenvalue weighted by Gasteiger charge is -2.32. The Kier molecular flexibility index (Phi) is 7.55. The summed E-state index contributed by atoms with van der Waals surface area (Å²) in [6, 6.07) is 35.5. The Labute approximate surface area is 204 Å². The number of hydrogen-bond acceptors (Lipinski definition) is 3. The van der Waals surface area contributed by atoms with Crippen molar-refractivity contribution in [3.63, 3.8) is 0 Å². The molecule has 0 bridgehead atoms. The summed E-state index contributed by atoms with van der Waals surface area (Å²) in [5.74, 6) is 0.768. The third-order valence-corrected chi connectivity index (χ3v) is 8.34. The van der Waals surface area contributed by atoms with Crippen LogP contribution in [0.5, 0.6) is 11.5 Å². The molecule has 4 aromatic rings. The Morgan fingerprint density at radius 1 is 0.794 bits per heavy atom. The highest BCUT2D eigenvalue weighted by atomic mass is 31.1. The van der Waals surface area contributed by atoms with Crippen LogP contribution < -0.4 is 14.9 Å². The molecule has 0 fully saturated rings. The number of phenolic OH excluding ortho intramolecular Hbond substituents is 1. The van der Waals surface area contributed by atoms with E-state index in [0.717, 1.165) is 29.9 Å². The lowest BCUT2D eigenvalue weighted by atomic mass is 9.96. The number of aromatic hydroxyl groups is 1. The van der Waals surface area contributed by atoms with Gasteiger partial charge in [-0.05, 0) is 47.6 Å². The Morgan fingerprint density at radius 2 is 1.38 bits per heavy atom. The number of rotatable bonds is 9. The predicted octanol–water partition coefficient (Wildman–Crippen LogP) is 7.37. The van der Waals surface area contributed by atoms with Crippen molar-refractivity contribution >= 4 is 25.3 Å². The fraction of sp³-hybridized carbons (Fsp3) is 0.200. The van der Waals surface area contributed by atoms with E-state index in [2.05, 4.69) is 104 Å². The summed E-state index contributed by atoms with van der Waals surface area (Å²) in [6.45, 7) is 5.19. The van der Waals surface area contributed by atoms with Gasteiger partial charge in [-0.15, -0.1) is 0 Å². The lowest BCUT2D eigenvalue weighted by Crippen LogP contribution is -2.24. The van der Waals surface area contributed by atoms with Gasteiger partial charge >= 0.3 is 0 Å². The molecule has 4 rings (SSSR count). The Hall–Kier alpha value is -3.29. The number of phenols is 1. The second kappa shape index (κ2) is 10.8. The van der Waals surface area contributed by atoms with Crippen LogP contribution >= 0.6 is 8.58 Å². The van der Waals surface area contributed by atoms with Crippen molar-refractivity contribution in [3.8, 4) is 11.5 Å². The molecule has 0 spiro atoms. The van der Waals surface area contributed by atoms with Crippen LogP contribution in [0.3, 0.4) is 0 Å². The number of benzene rings is 4. The van der Waals surface area contributed by atoms with Gasteiger partial charge in [0, 0.05) is 28.6 Å². The standard InChI is InChI=1S/C30H32NO2P/c1-4-30(2,26-19-13-20-27(33-3)29(26)32)34-28-21-12-11-14-23(28)22-31(24-15-7-5-8-16-24)25-17-9-6-10-18-25/h5-21,32,34H,4,22H2,1-3H3. The van der Waals surface area contributed by atoms with E-state index in [1.165, 1.54) is 10.9 Å². The first-order valence-corrected chi connectivity index (χ1v) is 12.7. The second-order valence-electron chi connectivity index (χ2n) is 8.58. The highest BCUT2D eigenvalue weighted by molar-refractivity contribution is 7.48. The molecule has 3 nitrogen and oxygen atoms in total. The molecule has 174 valence electrons. The summed E-state index contributed by atoms with van der Waals surface area (Å²) >= 11 is 0. The van der Waals surface area contributed by atoms with Gasteiger partial charge in [0.25, 0.3) is 0 Å². The maximum absolute atomic E-state index is 10.9. The summed E-state index contributed by atoms with van der Waals surface area (Å²) in [5.41, 5.74) is 4.55. The van der Waals surface area contributed by atoms with Gasteiger partial charge in [-0.3, -0.25) is 0 Å². The van der Waals surface area contributed by atoms with Crippen molar-refractivity contribution in [2.75, 3.05) is 12.0 Å². The molecular weight excluding hydrogens is 437 g/mol. The Morgan fingerprint density at radius 3 is 1.97 bits per heavy atom. The molecule has 0 saturated carbocycles. The number of anilines is 2. The minimum Gasteiger partial charge on any atom is -0.504 e. The van der Waals surface area contributed by atoms with E-state index in [-0.39, 0.29) is 10.9 Å². The molecule has 2 unspecified atom stereocenters. The van der Waals surface area contributed by atoms with Gasteiger partial charge < -0.3 is 14.7 Å². The highest BCUT2D eigenvalue weighted by Gasteiger charge is 2.30. The van der Waals surface area contributed by atoms with Gasteiger partial charge in [0.1, 0.15) is 0 Å². The molecule has 0 aliphatic carbocycles. The quantitative estimate of drug-likeness (QED) is 0.260. The van der Waals surface area contributed by atoms with Crippen molar-refractivity contribution in [2.24, 2.45) is 0 Å². The number of hydrogen-bond donors (Lipinski definition) is 1. The van der Waals surface area contributed by atoms with E-state index >= 15 is 0 Å². The summed E-state index contributed by atoms with van der Waals surface area (Å²) in [5, 5.41) is 12.0. The van der Waals surface area contributed by atoms with Crippen molar-refractivity contribution in [2.45, 2.75) is 32.0 Å². The smallest absolute Gasteiger partial charge is 0.161 e. The minimum absolute atomic E-state index is 0.209. The molecule has 1 N–H and O–H groups in total. The van der Waals surface area contributed by atoms with Gasteiger partial charge in [0.15, 0.2) is 11.5 Å². The predicted molar refractivity (Wildman–Crippen MR) is 145 cm³/mol. The first kappa shape index (κ1) is 23.9. The van der Waals surface area contributed by atoms with Crippen molar-refractivity contribution in [1.29, 1.82) is 0 Å². The minimum atomic E-state index is -0.209. The molecule has 0 aromatic heterocycles. The van der Waals surface area contributed by atoms with Crippen molar-refractivity contribution in [3.05, 3.63) is 114 Å². The van der Waals surface area contributed by atoms with Crippen molar-refractivity contribution in [1.82, 2.24) is 0 Å². The molecule has 4 aromatic carbocycles. The zero-order valence-electron chi connectivity index (χ0n) is 20.0. The molecule has 0 heterocycles. The summed E-state index contributed by atoms with van der Waals surface area (Å²) < 4.78 is 5.40. The lowest BCUT2D eigenvalue weighted by molar-refractivity contribution is 0.367. The third kappa shape index (κ3) is 5.11. The number of ether oxygens (including phenoxy) is 1. The van der Waals surface area contributed by atoms with Crippen LogP contribution in [0.25, 0.3) is 0 Å². The molecule has 2 atom stereocenters. The van der Waals surface area contributed by atoms with Crippen LogP contribution in [0.15, 0.2) is 103 Å². The van der Waals surface area contributed by atoms with Crippen LogP contribution in [-0.4, -0.2) is 12.2 Å². The molecule has 34 heavy (non-hydrogen) atoms. The highest BCUT2D eigenvalue weighted by Crippen LogP contribution is 2.49. The van der Waals surface area contributed by atoms with Gasteiger partial charge in [-0.1, -0.05) is 95.2 Å². The fourth-order valence-corrected chi connectivity index (χ4v) is 5.88. The summed E-state index contributed by atoms with van der Waals surface area (Å²) in [7, 11) is 2.09. The molecule has 0 amide bonds. The van der Waals surface area contributed by atoms with Gasteiger partial charge in [-0.2, -0.15) is 0 Å². The molecule has 0 saturated heterocycles. The summed E-state index contributed by atoms with van der Waals surface area (Å²) in [6.07, 6.45) is 0.904. The molecule has 0 aliphatic heterocycles. The van der Waals surface area contributed by atoms with E-state index in [1.807, 2.05) is 18.2 Å². The number of para-hydroxylation sites is 3. The third-order valence-electron chi connectivity index (χ3n) is 6.41. The van der Waals surface area contributed by atoms with Crippen LogP contribution in [0.4, 0.5) is 11.4 Å². The largest absolute Gasteiger partial charge is 0.504 e. The van der Waals surface area contributed by atoms with E-state index in [4.69, 9.17) is 4.74 Å². The second-order valence-corrected chi connectivity index (χ2v) is 10.5. The molecule has 0 radical (unpaired) electrons. The van der Waals surface area contributed by atoms with E-state index in [0.29, 0.717) is 14.3 Å². The van der Waals surface area contributed by atoms with Gasteiger partial charge in [0.05, 0.1) is 7.11 Å². The van der Waals surface area contributed by atoms with Crippen molar-refractivity contribution < 1.29 is 9.84 Å². The Balaban J connectivity index is 1.71. The zero-order chi connectivity index (χ0) is 24.0. The number of methoxy groups -OCH3 is 1. The zero-order valence-corrected chi connectivity index (χ0v) is 21.0.